The predicted octanol–water partition coefficient (Wildman–Crippen LogP) is 1.96. The molecule has 0 aromatic heterocycles. The molecule has 1 rings (SSSR count). The van der Waals surface area contributed by atoms with Crippen LogP contribution in [-0.4, -0.2) is 30.5 Å². The molecule has 3 N–H and O–H groups in total. The second-order valence-electron chi connectivity index (χ2n) is 6.27. The van der Waals surface area contributed by atoms with Crippen LogP contribution in [0.3, 0.4) is 0 Å². The summed E-state index contributed by atoms with van der Waals surface area (Å²) in [5.74, 6) is 0.601. The minimum Gasteiger partial charge on any atom is -0.357 e. The molecule has 5 heteroatoms. The summed E-state index contributed by atoms with van der Waals surface area (Å²) in [6.45, 7) is 11.5. The SMILES string of the molecule is CCNC(=NCc1ccccc1C)NCC(=O)NC(C)(C)C. The smallest absolute Gasteiger partial charge is 0.239 e. The van der Waals surface area contributed by atoms with E-state index in [1.165, 1.54) is 11.1 Å². The van der Waals surface area contributed by atoms with E-state index >= 15 is 0 Å². The number of rotatable bonds is 5. The monoisotopic (exact) mass is 304 g/mol. The number of hydrogen-bond acceptors (Lipinski definition) is 2. The average Bonchev–Trinajstić information content (AvgIpc) is 2.41. The summed E-state index contributed by atoms with van der Waals surface area (Å²) in [4.78, 5) is 16.4. The summed E-state index contributed by atoms with van der Waals surface area (Å²) in [6.07, 6.45) is 0. The summed E-state index contributed by atoms with van der Waals surface area (Å²) in [5, 5.41) is 9.12. The zero-order valence-corrected chi connectivity index (χ0v) is 14.3. The molecule has 5 nitrogen and oxygen atoms in total. The van der Waals surface area contributed by atoms with Gasteiger partial charge in [-0.05, 0) is 45.7 Å². The molecule has 0 aliphatic rings. The maximum absolute atomic E-state index is 11.8. The summed E-state index contributed by atoms with van der Waals surface area (Å²) >= 11 is 0. The molecule has 1 aromatic rings. The molecule has 1 aromatic carbocycles. The fraction of sp³-hybridized carbons (Fsp3) is 0.529. The maximum Gasteiger partial charge on any atom is 0.239 e. The van der Waals surface area contributed by atoms with E-state index in [1.807, 2.05) is 39.8 Å². The van der Waals surface area contributed by atoms with Gasteiger partial charge >= 0.3 is 0 Å². The largest absolute Gasteiger partial charge is 0.357 e. The van der Waals surface area contributed by atoms with E-state index < -0.39 is 0 Å². The van der Waals surface area contributed by atoms with Gasteiger partial charge in [-0.25, -0.2) is 4.99 Å². The molecule has 0 fully saturated rings. The first-order chi connectivity index (χ1) is 10.3. The van der Waals surface area contributed by atoms with Crippen molar-refractivity contribution in [1.29, 1.82) is 0 Å². The number of benzene rings is 1. The van der Waals surface area contributed by atoms with Gasteiger partial charge in [0.1, 0.15) is 0 Å². The summed E-state index contributed by atoms with van der Waals surface area (Å²) in [6, 6.07) is 8.16. The zero-order chi connectivity index (χ0) is 16.6. The highest BCUT2D eigenvalue weighted by atomic mass is 16.2. The Hall–Kier alpha value is -2.04. The lowest BCUT2D eigenvalue weighted by Gasteiger charge is -2.21. The molecule has 0 unspecified atom stereocenters. The first-order valence-corrected chi connectivity index (χ1v) is 7.69. The van der Waals surface area contributed by atoms with Gasteiger partial charge in [-0.3, -0.25) is 4.79 Å². The van der Waals surface area contributed by atoms with Crippen molar-refractivity contribution in [3.63, 3.8) is 0 Å². The average molecular weight is 304 g/mol. The Kier molecular flexibility index (Phi) is 6.89. The summed E-state index contributed by atoms with van der Waals surface area (Å²) < 4.78 is 0. The minimum absolute atomic E-state index is 0.0472. The lowest BCUT2D eigenvalue weighted by atomic mass is 10.1. The highest BCUT2D eigenvalue weighted by Gasteiger charge is 2.13. The third kappa shape index (κ3) is 7.11. The van der Waals surface area contributed by atoms with Crippen molar-refractivity contribution in [1.82, 2.24) is 16.0 Å². The molecule has 122 valence electrons. The second kappa shape index (κ2) is 8.41. The Morgan fingerprint density at radius 1 is 1.18 bits per heavy atom. The molecular weight excluding hydrogens is 276 g/mol. The summed E-state index contributed by atoms with van der Waals surface area (Å²) in [5.41, 5.74) is 2.17. The van der Waals surface area contributed by atoms with E-state index in [9.17, 15) is 4.79 Å². The Morgan fingerprint density at radius 3 is 2.45 bits per heavy atom. The Bertz CT molecular complexity index is 518. The van der Waals surface area contributed by atoms with Crippen LogP contribution in [-0.2, 0) is 11.3 Å². The van der Waals surface area contributed by atoms with Gasteiger partial charge in [0.05, 0.1) is 13.1 Å². The topological polar surface area (TPSA) is 65.5 Å². The third-order valence-electron chi connectivity index (χ3n) is 2.94. The number of nitrogens with zero attached hydrogens (tertiary/aromatic N) is 1. The molecule has 22 heavy (non-hydrogen) atoms. The van der Waals surface area contributed by atoms with E-state index in [0.717, 1.165) is 6.54 Å². The van der Waals surface area contributed by atoms with Gasteiger partial charge in [-0.2, -0.15) is 0 Å². The first-order valence-electron chi connectivity index (χ1n) is 7.69. The normalized spacial score (nSPS) is 12.0. The van der Waals surface area contributed by atoms with Crippen LogP contribution in [0.4, 0.5) is 0 Å². The van der Waals surface area contributed by atoms with Gasteiger partial charge in [0, 0.05) is 12.1 Å². The van der Waals surface area contributed by atoms with E-state index in [4.69, 9.17) is 0 Å². The van der Waals surface area contributed by atoms with Crippen LogP contribution in [0.2, 0.25) is 0 Å². The Labute approximate surface area is 133 Å². The van der Waals surface area contributed by atoms with Crippen LogP contribution in [0.1, 0.15) is 38.8 Å². The number of amides is 1. The van der Waals surface area contributed by atoms with Gasteiger partial charge in [0.2, 0.25) is 5.91 Å². The number of guanidine groups is 1. The van der Waals surface area contributed by atoms with Crippen molar-refractivity contribution in [3.8, 4) is 0 Å². The maximum atomic E-state index is 11.8. The second-order valence-corrected chi connectivity index (χ2v) is 6.27. The van der Waals surface area contributed by atoms with Crippen molar-refractivity contribution < 1.29 is 4.79 Å². The highest BCUT2D eigenvalue weighted by molar-refractivity contribution is 5.86. The molecule has 1 amide bonds. The van der Waals surface area contributed by atoms with Crippen molar-refractivity contribution in [2.24, 2.45) is 4.99 Å². The number of carbonyl (C=O) groups excluding carboxylic acids is 1. The number of carbonyl (C=O) groups is 1. The molecule has 0 aliphatic heterocycles. The van der Waals surface area contributed by atoms with E-state index in [-0.39, 0.29) is 18.0 Å². The Morgan fingerprint density at radius 2 is 1.86 bits per heavy atom. The van der Waals surface area contributed by atoms with Gasteiger partial charge in [-0.1, -0.05) is 24.3 Å². The first kappa shape index (κ1) is 18.0. The fourth-order valence-corrected chi connectivity index (χ4v) is 1.92. The van der Waals surface area contributed by atoms with Crippen LogP contribution in [0.15, 0.2) is 29.3 Å². The molecule has 0 aliphatic carbocycles. The van der Waals surface area contributed by atoms with Gasteiger partial charge in [0.25, 0.3) is 0 Å². The highest BCUT2D eigenvalue weighted by Crippen LogP contribution is 2.07. The van der Waals surface area contributed by atoms with Crippen LogP contribution in [0, 0.1) is 6.92 Å². The Balaban J connectivity index is 2.59. The van der Waals surface area contributed by atoms with Gasteiger partial charge in [-0.15, -0.1) is 0 Å². The zero-order valence-electron chi connectivity index (χ0n) is 14.3. The minimum atomic E-state index is -0.227. The lowest BCUT2D eigenvalue weighted by Crippen LogP contribution is -2.48. The molecule has 0 atom stereocenters. The van der Waals surface area contributed by atoms with Crippen LogP contribution < -0.4 is 16.0 Å². The summed E-state index contributed by atoms with van der Waals surface area (Å²) in [7, 11) is 0. The molecule has 0 radical (unpaired) electrons. The van der Waals surface area contributed by atoms with Crippen molar-refractivity contribution in [2.75, 3.05) is 13.1 Å². The van der Waals surface area contributed by atoms with Gasteiger partial charge < -0.3 is 16.0 Å². The third-order valence-corrected chi connectivity index (χ3v) is 2.94. The van der Waals surface area contributed by atoms with E-state index in [1.54, 1.807) is 0 Å². The lowest BCUT2D eigenvalue weighted by molar-refractivity contribution is -0.121. The number of hydrogen-bond donors (Lipinski definition) is 3. The van der Waals surface area contributed by atoms with E-state index in [2.05, 4.69) is 40.0 Å². The number of aliphatic imine (C=N–C) groups is 1. The van der Waals surface area contributed by atoms with Gasteiger partial charge in [0.15, 0.2) is 5.96 Å². The van der Waals surface area contributed by atoms with Crippen LogP contribution in [0.25, 0.3) is 0 Å². The molecule has 0 spiro atoms. The molecule has 0 saturated carbocycles. The van der Waals surface area contributed by atoms with Crippen molar-refractivity contribution in [3.05, 3.63) is 35.4 Å². The standard InChI is InChI=1S/C17H28N4O/c1-6-18-16(20-12-15(22)21-17(3,4)5)19-11-14-10-8-7-9-13(14)2/h7-10H,6,11-12H2,1-5H3,(H,21,22)(H2,18,19,20). The quantitative estimate of drug-likeness (QED) is 0.575. The number of aryl methyl sites for hydroxylation is 1. The van der Waals surface area contributed by atoms with E-state index in [0.29, 0.717) is 12.5 Å². The fourth-order valence-electron chi connectivity index (χ4n) is 1.92. The molecule has 0 saturated heterocycles. The molecule has 0 bridgehead atoms. The molecular formula is C17H28N4O. The van der Waals surface area contributed by atoms with Crippen LogP contribution in [0.5, 0.6) is 0 Å². The number of nitrogens with one attached hydrogen (secondary N) is 3. The van der Waals surface area contributed by atoms with Crippen molar-refractivity contribution in [2.45, 2.75) is 46.7 Å². The van der Waals surface area contributed by atoms with Crippen molar-refractivity contribution >= 4 is 11.9 Å². The predicted molar refractivity (Wildman–Crippen MR) is 91.9 cm³/mol. The van der Waals surface area contributed by atoms with Crippen LogP contribution >= 0.6 is 0 Å². The molecule has 0 heterocycles.